The minimum atomic E-state index is -0.855. The van der Waals surface area contributed by atoms with Crippen LogP contribution in [-0.4, -0.2) is 23.8 Å². The monoisotopic (exact) mass is 272 g/mol. The molecule has 0 aromatic heterocycles. The van der Waals surface area contributed by atoms with Crippen LogP contribution in [0.15, 0.2) is 18.2 Å². The van der Waals surface area contributed by atoms with Gasteiger partial charge in [0.05, 0.1) is 18.3 Å². The number of hydrogen-bond acceptors (Lipinski definition) is 2. The molecular formula is C13H18F2N2O2. The van der Waals surface area contributed by atoms with E-state index in [1.54, 1.807) is 0 Å². The molecule has 2 amide bonds. The van der Waals surface area contributed by atoms with Gasteiger partial charge in [-0.2, -0.15) is 0 Å². The third-order valence-corrected chi connectivity index (χ3v) is 2.71. The fourth-order valence-corrected chi connectivity index (χ4v) is 1.44. The van der Waals surface area contributed by atoms with Crippen molar-refractivity contribution < 1.29 is 18.7 Å². The van der Waals surface area contributed by atoms with E-state index in [2.05, 4.69) is 10.6 Å². The highest BCUT2D eigenvalue weighted by Crippen LogP contribution is 2.19. The molecule has 0 aliphatic carbocycles. The number of hydrogen-bond donors (Lipinski definition) is 3. The second-order valence-electron chi connectivity index (χ2n) is 5.32. The second-order valence-corrected chi connectivity index (χ2v) is 5.32. The molecule has 1 rings (SSSR count). The lowest BCUT2D eigenvalue weighted by molar-refractivity contribution is 0.162. The van der Waals surface area contributed by atoms with E-state index in [1.165, 1.54) is 0 Å². The maximum atomic E-state index is 13.3. The molecule has 4 nitrogen and oxygen atoms in total. The Kier molecular flexibility index (Phi) is 4.83. The van der Waals surface area contributed by atoms with Gasteiger partial charge in [-0.1, -0.05) is 20.8 Å². The number of carbonyl (C=O) groups excluding carboxylic acids is 1. The van der Waals surface area contributed by atoms with Gasteiger partial charge in [-0.3, -0.25) is 0 Å². The van der Waals surface area contributed by atoms with Crippen LogP contribution in [0.25, 0.3) is 0 Å². The first-order valence-electron chi connectivity index (χ1n) is 5.87. The topological polar surface area (TPSA) is 61.4 Å². The standard InChI is InChI=1S/C13H18F2N2O2/c1-13(2,3)11(7-18)17-12(19)16-10-5-4-8(14)6-9(10)15/h4-6,11,18H,7H2,1-3H3,(H2,16,17,19)/t11-/m1/s1. The van der Waals surface area contributed by atoms with Gasteiger partial charge in [0, 0.05) is 6.07 Å². The highest BCUT2D eigenvalue weighted by Gasteiger charge is 2.25. The van der Waals surface area contributed by atoms with Gasteiger partial charge in [-0.15, -0.1) is 0 Å². The molecule has 0 heterocycles. The molecule has 0 fully saturated rings. The van der Waals surface area contributed by atoms with Crippen molar-refractivity contribution in [1.29, 1.82) is 0 Å². The molecule has 0 aliphatic rings. The van der Waals surface area contributed by atoms with Crippen LogP contribution in [0, 0.1) is 17.0 Å². The maximum absolute atomic E-state index is 13.3. The number of urea groups is 1. The zero-order chi connectivity index (χ0) is 14.6. The van der Waals surface area contributed by atoms with Crippen LogP contribution < -0.4 is 10.6 Å². The molecule has 0 saturated carbocycles. The van der Waals surface area contributed by atoms with Crippen molar-refractivity contribution in [2.45, 2.75) is 26.8 Å². The Labute approximate surface area is 110 Å². The van der Waals surface area contributed by atoms with Gasteiger partial charge >= 0.3 is 6.03 Å². The van der Waals surface area contributed by atoms with E-state index >= 15 is 0 Å². The highest BCUT2D eigenvalue weighted by molar-refractivity contribution is 5.89. The van der Waals surface area contributed by atoms with E-state index in [0.29, 0.717) is 6.07 Å². The molecular weight excluding hydrogens is 254 g/mol. The lowest BCUT2D eigenvalue weighted by Crippen LogP contribution is -2.47. The van der Waals surface area contributed by atoms with Crippen LogP contribution in [0.1, 0.15) is 20.8 Å². The van der Waals surface area contributed by atoms with Gasteiger partial charge < -0.3 is 15.7 Å². The van der Waals surface area contributed by atoms with Crippen molar-refractivity contribution in [3.05, 3.63) is 29.8 Å². The lowest BCUT2D eigenvalue weighted by atomic mass is 9.87. The molecule has 1 aromatic rings. The third-order valence-electron chi connectivity index (χ3n) is 2.71. The van der Waals surface area contributed by atoms with Gasteiger partial charge in [-0.05, 0) is 17.5 Å². The third kappa shape index (κ3) is 4.48. The molecule has 6 heteroatoms. The quantitative estimate of drug-likeness (QED) is 0.791. The van der Waals surface area contributed by atoms with Gasteiger partial charge in [-0.25, -0.2) is 13.6 Å². The Morgan fingerprint density at radius 1 is 1.37 bits per heavy atom. The van der Waals surface area contributed by atoms with Gasteiger partial charge in [0.2, 0.25) is 0 Å². The number of benzene rings is 1. The van der Waals surface area contributed by atoms with E-state index < -0.39 is 23.7 Å². The molecule has 3 N–H and O–H groups in total. The minimum Gasteiger partial charge on any atom is -0.394 e. The number of rotatable bonds is 3. The number of halogens is 2. The molecule has 106 valence electrons. The molecule has 19 heavy (non-hydrogen) atoms. The van der Waals surface area contributed by atoms with Crippen LogP contribution in [0.4, 0.5) is 19.3 Å². The fourth-order valence-electron chi connectivity index (χ4n) is 1.44. The van der Waals surface area contributed by atoms with Crippen molar-refractivity contribution in [2.24, 2.45) is 5.41 Å². The number of amides is 2. The van der Waals surface area contributed by atoms with Crippen LogP contribution in [0.5, 0.6) is 0 Å². The van der Waals surface area contributed by atoms with Crippen LogP contribution in [0.3, 0.4) is 0 Å². The van der Waals surface area contributed by atoms with Crippen molar-refractivity contribution in [3.63, 3.8) is 0 Å². The smallest absolute Gasteiger partial charge is 0.319 e. The van der Waals surface area contributed by atoms with Crippen LogP contribution >= 0.6 is 0 Å². The molecule has 0 saturated heterocycles. The SMILES string of the molecule is CC(C)(C)[C@@H](CO)NC(=O)Nc1ccc(F)cc1F. The largest absolute Gasteiger partial charge is 0.394 e. The summed E-state index contributed by atoms with van der Waals surface area (Å²) >= 11 is 0. The van der Waals surface area contributed by atoms with Gasteiger partial charge in [0.1, 0.15) is 11.6 Å². The summed E-state index contributed by atoms with van der Waals surface area (Å²) in [5, 5.41) is 14.0. The normalized spacial score (nSPS) is 12.9. The number of carbonyl (C=O) groups is 1. The van der Waals surface area contributed by atoms with Gasteiger partial charge in [0.15, 0.2) is 0 Å². The van der Waals surface area contributed by atoms with E-state index in [1.807, 2.05) is 20.8 Å². The summed E-state index contributed by atoms with van der Waals surface area (Å²) in [5.74, 6) is -1.57. The molecule has 0 aliphatic heterocycles. The van der Waals surface area contributed by atoms with Crippen molar-refractivity contribution in [1.82, 2.24) is 5.32 Å². The fraction of sp³-hybridized carbons (Fsp3) is 0.462. The second kappa shape index (κ2) is 5.97. The summed E-state index contributed by atoms with van der Waals surface area (Å²) in [4.78, 5) is 11.7. The summed E-state index contributed by atoms with van der Waals surface area (Å²) in [6, 6.07) is 1.74. The summed E-state index contributed by atoms with van der Waals surface area (Å²) < 4.78 is 26.0. The first-order chi connectivity index (χ1) is 8.74. The summed E-state index contributed by atoms with van der Waals surface area (Å²) in [6.07, 6.45) is 0. The Bertz CT molecular complexity index is 458. The predicted octanol–water partition coefficient (Wildman–Crippen LogP) is 2.49. The summed E-state index contributed by atoms with van der Waals surface area (Å²) in [7, 11) is 0. The lowest BCUT2D eigenvalue weighted by Gasteiger charge is -2.29. The zero-order valence-corrected chi connectivity index (χ0v) is 11.1. The number of aliphatic hydroxyl groups excluding tert-OH is 1. The summed E-state index contributed by atoms with van der Waals surface area (Å²) in [6.45, 7) is 5.33. The zero-order valence-electron chi connectivity index (χ0n) is 11.1. The van der Waals surface area contributed by atoms with Crippen molar-refractivity contribution in [2.75, 3.05) is 11.9 Å². The Morgan fingerprint density at radius 2 is 2.00 bits per heavy atom. The molecule has 1 atom stereocenters. The van der Waals surface area contributed by atoms with E-state index in [4.69, 9.17) is 0 Å². The van der Waals surface area contributed by atoms with E-state index in [-0.39, 0.29) is 17.7 Å². The molecule has 0 bridgehead atoms. The van der Waals surface area contributed by atoms with Crippen LogP contribution in [0.2, 0.25) is 0 Å². The Balaban J connectivity index is 2.70. The predicted molar refractivity (Wildman–Crippen MR) is 68.8 cm³/mol. The molecule has 0 radical (unpaired) electrons. The van der Waals surface area contributed by atoms with E-state index in [9.17, 15) is 18.7 Å². The summed E-state index contributed by atoms with van der Waals surface area (Å²) in [5.41, 5.74) is -0.461. The van der Waals surface area contributed by atoms with Crippen molar-refractivity contribution in [3.8, 4) is 0 Å². The first kappa shape index (κ1) is 15.4. The Morgan fingerprint density at radius 3 is 2.47 bits per heavy atom. The van der Waals surface area contributed by atoms with E-state index in [0.717, 1.165) is 12.1 Å². The van der Waals surface area contributed by atoms with Crippen molar-refractivity contribution >= 4 is 11.7 Å². The van der Waals surface area contributed by atoms with Crippen LogP contribution in [-0.2, 0) is 0 Å². The Hall–Kier alpha value is -1.69. The average Bonchev–Trinajstić information content (AvgIpc) is 2.28. The highest BCUT2D eigenvalue weighted by atomic mass is 19.1. The van der Waals surface area contributed by atoms with Gasteiger partial charge in [0.25, 0.3) is 0 Å². The maximum Gasteiger partial charge on any atom is 0.319 e. The molecule has 0 spiro atoms. The average molecular weight is 272 g/mol. The number of nitrogens with one attached hydrogen (secondary N) is 2. The first-order valence-corrected chi connectivity index (χ1v) is 5.87. The minimum absolute atomic E-state index is 0.121. The molecule has 0 unspecified atom stereocenters. The number of anilines is 1. The number of aliphatic hydroxyl groups is 1. The molecule has 1 aromatic carbocycles.